The molecule has 0 aliphatic carbocycles. The Morgan fingerprint density at radius 1 is 1.36 bits per heavy atom. The molecule has 1 aromatic heterocycles. The predicted octanol–water partition coefficient (Wildman–Crippen LogP) is 3.50. The van der Waals surface area contributed by atoms with Gasteiger partial charge in [0.25, 0.3) is 5.91 Å². The lowest BCUT2D eigenvalue weighted by molar-refractivity contribution is 0.0553. The van der Waals surface area contributed by atoms with Crippen LogP contribution in [0.15, 0.2) is 35.7 Å². The van der Waals surface area contributed by atoms with Crippen molar-refractivity contribution in [3.8, 4) is 0 Å². The molecule has 2 saturated heterocycles. The first-order valence-electron chi connectivity index (χ1n) is 9.09. The fraction of sp³-hybridized carbons (Fsp3) is 0.500. The summed E-state index contributed by atoms with van der Waals surface area (Å²) in [6.45, 7) is 2.30. The predicted molar refractivity (Wildman–Crippen MR) is 98.8 cm³/mol. The van der Waals surface area contributed by atoms with E-state index in [2.05, 4.69) is 24.0 Å². The molecule has 0 saturated carbocycles. The van der Waals surface area contributed by atoms with Gasteiger partial charge in [-0.15, -0.1) is 11.3 Å². The highest BCUT2D eigenvalue weighted by molar-refractivity contribution is 7.09. The Labute approximate surface area is 152 Å². The van der Waals surface area contributed by atoms with Crippen molar-refractivity contribution < 1.29 is 9.90 Å². The van der Waals surface area contributed by atoms with Gasteiger partial charge in [-0.1, -0.05) is 37.3 Å². The van der Waals surface area contributed by atoms with Gasteiger partial charge in [0, 0.05) is 29.3 Å². The standard InChI is InChI=1S/C20H24N2O2S/c1-2-20(13-23)11-15-8-9-17(20)22(15)19(24)16-12-25-18(21-16)10-14-6-4-3-5-7-14/h3-7,12,15,17,23H,2,8-11,13H2,1H3/t15-,17+,20-/m0/s1. The van der Waals surface area contributed by atoms with Gasteiger partial charge in [-0.25, -0.2) is 4.98 Å². The van der Waals surface area contributed by atoms with Crippen molar-refractivity contribution in [2.45, 2.75) is 51.1 Å². The topological polar surface area (TPSA) is 53.4 Å². The Morgan fingerprint density at radius 3 is 2.84 bits per heavy atom. The second-order valence-corrected chi connectivity index (χ2v) is 8.27. The number of amides is 1. The molecular weight excluding hydrogens is 332 g/mol. The van der Waals surface area contributed by atoms with Crippen molar-refractivity contribution in [3.63, 3.8) is 0 Å². The van der Waals surface area contributed by atoms with E-state index in [-0.39, 0.29) is 30.0 Å². The first-order chi connectivity index (χ1) is 12.2. The summed E-state index contributed by atoms with van der Waals surface area (Å²) in [5.74, 6) is 0.0480. The van der Waals surface area contributed by atoms with Gasteiger partial charge in [0.2, 0.25) is 0 Å². The lowest BCUT2D eigenvalue weighted by Gasteiger charge is -2.34. The van der Waals surface area contributed by atoms with Crippen molar-refractivity contribution in [3.05, 3.63) is 52.0 Å². The van der Waals surface area contributed by atoms with E-state index < -0.39 is 0 Å². The molecule has 132 valence electrons. The van der Waals surface area contributed by atoms with Gasteiger partial charge in [0.15, 0.2) is 0 Å². The third-order valence-corrected chi connectivity index (χ3v) is 6.92. The molecule has 2 aromatic rings. The minimum Gasteiger partial charge on any atom is -0.396 e. The molecule has 4 rings (SSSR count). The van der Waals surface area contributed by atoms with Crippen LogP contribution in [-0.2, 0) is 6.42 Å². The highest BCUT2D eigenvalue weighted by Gasteiger charge is 2.56. The summed E-state index contributed by atoms with van der Waals surface area (Å²) in [5.41, 5.74) is 1.67. The Morgan fingerprint density at radius 2 is 2.16 bits per heavy atom. The molecule has 2 fully saturated rings. The Hall–Kier alpha value is -1.72. The van der Waals surface area contributed by atoms with Crippen molar-refractivity contribution in [2.75, 3.05) is 6.61 Å². The Bertz CT molecular complexity index is 754. The molecule has 2 bridgehead atoms. The maximum absolute atomic E-state index is 13.1. The smallest absolute Gasteiger partial charge is 0.273 e. The molecule has 25 heavy (non-hydrogen) atoms. The van der Waals surface area contributed by atoms with Crippen molar-refractivity contribution >= 4 is 17.2 Å². The Kier molecular flexibility index (Phi) is 4.38. The number of aliphatic hydroxyl groups is 1. The van der Waals surface area contributed by atoms with Crippen molar-refractivity contribution in [1.29, 1.82) is 0 Å². The summed E-state index contributed by atoms with van der Waals surface area (Å²) in [5, 5.41) is 12.8. The van der Waals surface area contributed by atoms with Gasteiger partial charge < -0.3 is 10.0 Å². The highest BCUT2D eigenvalue weighted by atomic mass is 32.1. The maximum Gasteiger partial charge on any atom is 0.273 e. The van der Waals surface area contributed by atoms with Crippen molar-refractivity contribution in [1.82, 2.24) is 9.88 Å². The van der Waals surface area contributed by atoms with E-state index in [0.717, 1.165) is 37.1 Å². The van der Waals surface area contributed by atoms with Crippen LogP contribution < -0.4 is 0 Å². The SMILES string of the molecule is CC[C@@]1(CO)C[C@@H]2CC[C@H]1N2C(=O)c1csc(Cc2ccccc2)n1. The van der Waals surface area contributed by atoms with Gasteiger partial charge in [0.1, 0.15) is 5.69 Å². The number of hydrogen-bond acceptors (Lipinski definition) is 4. The molecule has 2 aliphatic heterocycles. The van der Waals surface area contributed by atoms with Gasteiger partial charge in [-0.2, -0.15) is 0 Å². The summed E-state index contributed by atoms with van der Waals surface area (Å²) in [4.78, 5) is 19.7. The number of aliphatic hydroxyl groups excluding tert-OH is 1. The molecule has 3 heterocycles. The summed E-state index contributed by atoms with van der Waals surface area (Å²) in [6, 6.07) is 10.7. The molecule has 4 nitrogen and oxygen atoms in total. The number of carbonyl (C=O) groups is 1. The van der Waals surface area contributed by atoms with E-state index in [0.29, 0.717) is 5.69 Å². The summed E-state index contributed by atoms with van der Waals surface area (Å²) < 4.78 is 0. The molecule has 2 aliphatic rings. The van der Waals surface area contributed by atoms with Crippen LogP contribution in [0.1, 0.15) is 53.7 Å². The third-order valence-electron chi connectivity index (χ3n) is 6.07. The second kappa shape index (κ2) is 6.54. The van der Waals surface area contributed by atoms with E-state index >= 15 is 0 Å². The minimum absolute atomic E-state index is 0.0480. The summed E-state index contributed by atoms with van der Waals surface area (Å²) >= 11 is 1.56. The lowest BCUT2D eigenvalue weighted by Crippen LogP contribution is -2.42. The zero-order valence-corrected chi connectivity index (χ0v) is 15.3. The normalized spacial score (nSPS) is 27.8. The number of carbonyl (C=O) groups excluding carboxylic acids is 1. The fourth-order valence-corrected chi connectivity index (χ4v) is 5.45. The van der Waals surface area contributed by atoms with Crippen LogP contribution in [-0.4, -0.2) is 39.6 Å². The maximum atomic E-state index is 13.1. The van der Waals surface area contributed by atoms with Crippen LogP contribution in [0.4, 0.5) is 0 Å². The largest absolute Gasteiger partial charge is 0.396 e. The van der Waals surface area contributed by atoms with E-state index in [4.69, 9.17) is 0 Å². The molecule has 0 radical (unpaired) electrons. The van der Waals surface area contributed by atoms with Gasteiger partial charge >= 0.3 is 0 Å². The molecular formula is C20H24N2O2S. The zero-order chi connectivity index (χ0) is 17.4. The molecule has 0 spiro atoms. The quantitative estimate of drug-likeness (QED) is 0.892. The lowest BCUT2D eigenvalue weighted by atomic mass is 9.72. The average Bonchev–Trinajstić information content (AvgIpc) is 3.35. The number of thiazole rings is 1. The van der Waals surface area contributed by atoms with Crippen LogP contribution >= 0.6 is 11.3 Å². The van der Waals surface area contributed by atoms with Crippen molar-refractivity contribution in [2.24, 2.45) is 5.41 Å². The van der Waals surface area contributed by atoms with E-state index in [1.807, 2.05) is 28.5 Å². The number of aromatic nitrogens is 1. The number of rotatable bonds is 5. The van der Waals surface area contributed by atoms with Gasteiger partial charge in [-0.05, 0) is 31.2 Å². The van der Waals surface area contributed by atoms with Crippen LogP contribution in [0.3, 0.4) is 0 Å². The van der Waals surface area contributed by atoms with Gasteiger partial charge in [-0.3, -0.25) is 4.79 Å². The molecule has 1 aromatic carbocycles. The molecule has 5 heteroatoms. The van der Waals surface area contributed by atoms with E-state index in [1.54, 1.807) is 11.3 Å². The number of benzene rings is 1. The number of hydrogen-bond donors (Lipinski definition) is 1. The van der Waals surface area contributed by atoms with Crippen LogP contribution in [0, 0.1) is 5.41 Å². The Balaban J connectivity index is 1.52. The summed E-state index contributed by atoms with van der Waals surface area (Å²) in [7, 11) is 0. The fourth-order valence-electron chi connectivity index (χ4n) is 4.65. The second-order valence-electron chi connectivity index (χ2n) is 7.33. The van der Waals surface area contributed by atoms with Crippen LogP contribution in [0.2, 0.25) is 0 Å². The monoisotopic (exact) mass is 356 g/mol. The average molecular weight is 356 g/mol. The highest BCUT2D eigenvalue weighted by Crippen LogP contribution is 2.51. The molecule has 1 amide bonds. The number of nitrogens with zero attached hydrogens (tertiary/aromatic N) is 2. The number of fused-ring (bicyclic) bond motifs is 2. The van der Waals surface area contributed by atoms with Crippen LogP contribution in [0.5, 0.6) is 0 Å². The zero-order valence-electron chi connectivity index (χ0n) is 14.5. The molecule has 3 atom stereocenters. The summed E-state index contributed by atoms with van der Waals surface area (Å²) in [6.07, 6.45) is 4.67. The minimum atomic E-state index is -0.110. The molecule has 1 N–H and O–H groups in total. The molecule has 0 unspecified atom stereocenters. The third kappa shape index (κ3) is 2.79. The van der Waals surface area contributed by atoms with E-state index in [1.165, 1.54) is 5.56 Å². The van der Waals surface area contributed by atoms with Gasteiger partial charge in [0.05, 0.1) is 11.6 Å². The first kappa shape index (κ1) is 16.7. The first-order valence-corrected chi connectivity index (χ1v) is 9.96. The van der Waals surface area contributed by atoms with Crippen LogP contribution in [0.25, 0.3) is 0 Å². The van der Waals surface area contributed by atoms with E-state index in [9.17, 15) is 9.90 Å².